The van der Waals surface area contributed by atoms with Crippen LogP contribution >= 0.6 is 0 Å². The highest BCUT2D eigenvalue weighted by molar-refractivity contribution is 5.62. The van der Waals surface area contributed by atoms with Crippen molar-refractivity contribution in [2.45, 2.75) is 6.04 Å². The first-order valence-corrected chi connectivity index (χ1v) is 2.73. The van der Waals surface area contributed by atoms with Crippen LogP contribution in [0.1, 0.15) is 0 Å². The Bertz CT molecular complexity index is 143. The lowest BCUT2D eigenvalue weighted by atomic mass is 10.3. The third-order valence-electron chi connectivity index (χ3n) is 1.16. The Morgan fingerprint density at radius 3 is 3.11 bits per heavy atom. The first kappa shape index (κ1) is 6.10. The van der Waals surface area contributed by atoms with Gasteiger partial charge in [0.15, 0.2) is 0 Å². The van der Waals surface area contributed by atoms with Crippen LogP contribution < -0.4 is 16.4 Å². The molecule has 0 aromatic rings. The highest BCUT2D eigenvalue weighted by Crippen LogP contribution is 1.93. The van der Waals surface area contributed by atoms with Gasteiger partial charge < -0.3 is 21.2 Å². The Hall–Kier alpha value is -1.03. The molecule has 0 radical (unpaired) electrons. The molecule has 0 aliphatic carbocycles. The van der Waals surface area contributed by atoms with Crippen molar-refractivity contribution in [2.24, 2.45) is 5.73 Å². The Labute approximate surface area is 53.1 Å². The average Bonchev–Trinajstić information content (AvgIpc) is 2.37. The fraction of sp³-hybridized carbons (Fsp3) is 0.400. The number of rotatable bonds is 2. The van der Waals surface area contributed by atoms with E-state index < -0.39 is 6.04 Å². The van der Waals surface area contributed by atoms with E-state index in [1.165, 1.54) is 0 Å². The maximum Gasteiger partial charge on any atom is 0.142 e. The van der Waals surface area contributed by atoms with Gasteiger partial charge in [-0.25, -0.2) is 0 Å². The smallest absolute Gasteiger partial charge is 0.142 e. The van der Waals surface area contributed by atoms with Crippen LogP contribution in [0.2, 0.25) is 0 Å². The standard InChI is InChI=1S/C5H9N3O/c6-4(2-9)5-1-7-3-8-5/h1-2,4,7-8H,3,6H2. The van der Waals surface area contributed by atoms with Gasteiger partial charge in [-0.05, 0) is 0 Å². The van der Waals surface area contributed by atoms with E-state index in [0.29, 0.717) is 13.0 Å². The monoisotopic (exact) mass is 127 g/mol. The van der Waals surface area contributed by atoms with E-state index in [1.807, 2.05) is 0 Å². The number of aldehydes is 1. The van der Waals surface area contributed by atoms with Crippen molar-refractivity contribution in [1.29, 1.82) is 0 Å². The first-order chi connectivity index (χ1) is 4.34. The fourth-order valence-electron chi connectivity index (χ4n) is 0.652. The normalized spacial score (nSPS) is 19.4. The molecule has 0 saturated heterocycles. The maximum atomic E-state index is 10.1. The fourth-order valence-corrected chi connectivity index (χ4v) is 0.652. The van der Waals surface area contributed by atoms with Gasteiger partial charge in [0.2, 0.25) is 0 Å². The maximum absolute atomic E-state index is 10.1. The molecule has 4 heteroatoms. The van der Waals surface area contributed by atoms with Crippen molar-refractivity contribution < 1.29 is 4.79 Å². The van der Waals surface area contributed by atoms with Crippen molar-refractivity contribution in [3.63, 3.8) is 0 Å². The predicted molar refractivity (Wildman–Crippen MR) is 33.3 cm³/mol. The predicted octanol–water partition coefficient (Wildman–Crippen LogP) is -1.50. The molecule has 1 unspecified atom stereocenters. The molecule has 0 amide bonds. The summed E-state index contributed by atoms with van der Waals surface area (Å²) in [6.07, 6.45) is 2.41. The SMILES string of the molecule is NC(C=O)C1=CNCN1. The summed E-state index contributed by atoms with van der Waals surface area (Å²) in [7, 11) is 0. The molecule has 0 saturated carbocycles. The summed E-state index contributed by atoms with van der Waals surface area (Å²) in [5.41, 5.74) is 6.09. The Morgan fingerprint density at radius 1 is 1.89 bits per heavy atom. The lowest BCUT2D eigenvalue weighted by Gasteiger charge is -2.03. The van der Waals surface area contributed by atoms with Gasteiger partial charge in [0.1, 0.15) is 12.3 Å². The van der Waals surface area contributed by atoms with Crippen molar-refractivity contribution in [1.82, 2.24) is 10.6 Å². The van der Waals surface area contributed by atoms with Crippen LogP contribution in [0.25, 0.3) is 0 Å². The zero-order valence-corrected chi connectivity index (χ0v) is 4.92. The highest BCUT2D eigenvalue weighted by Gasteiger charge is 2.09. The van der Waals surface area contributed by atoms with Gasteiger partial charge in [-0.15, -0.1) is 0 Å². The lowest BCUT2D eigenvalue weighted by molar-refractivity contribution is -0.108. The number of hydrogen-bond donors (Lipinski definition) is 3. The second-order valence-corrected chi connectivity index (χ2v) is 1.82. The van der Waals surface area contributed by atoms with E-state index in [4.69, 9.17) is 5.73 Å². The Morgan fingerprint density at radius 2 is 2.67 bits per heavy atom. The second-order valence-electron chi connectivity index (χ2n) is 1.82. The number of nitrogens with two attached hydrogens (primary N) is 1. The summed E-state index contributed by atoms with van der Waals surface area (Å²) < 4.78 is 0. The van der Waals surface area contributed by atoms with Crippen molar-refractivity contribution in [3.8, 4) is 0 Å². The number of hydrogen-bond acceptors (Lipinski definition) is 4. The minimum Gasteiger partial charge on any atom is -0.372 e. The second kappa shape index (κ2) is 2.50. The van der Waals surface area contributed by atoms with Crippen LogP contribution in [0.5, 0.6) is 0 Å². The van der Waals surface area contributed by atoms with Gasteiger partial charge in [-0.1, -0.05) is 0 Å². The molecular weight excluding hydrogens is 118 g/mol. The molecule has 50 valence electrons. The molecule has 0 aromatic carbocycles. The van der Waals surface area contributed by atoms with E-state index in [0.717, 1.165) is 5.70 Å². The molecule has 0 bridgehead atoms. The Kier molecular flexibility index (Phi) is 1.69. The van der Waals surface area contributed by atoms with Crippen LogP contribution in [0.4, 0.5) is 0 Å². The molecule has 0 fully saturated rings. The third kappa shape index (κ3) is 1.20. The van der Waals surface area contributed by atoms with Gasteiger partial charge in [0.25, 0.3) is 0 Å². The Balaban J connectivity index is 2.50. The summed E-state index contributed by atoms with van der Waals surface area (Å²) in [6, 6.07) is -0.500. The topological polar surface area (TPSA) is 67.2 Å². The van der Waals surface area contributed by atoms with Crippen molar-refractivity contribution >= 4 is 6.29 Å². The summed E-state index contributed by atoms with van der Waals surface area (Å²) in [5, 5.41) is 5.78. The van der Waals surface area contributed by atoms with Crippen LogP contribution in [-0.2, 0) is 4.79 Å². The summed E-state index contributed by atoms with van der Waals surface area (Å²) in [4.78, 5) is 10.1. The van der Waals surface area contributed by atoms with Crippen LogP contribution in [0.15, 0.2) is 11.9 Å². The number of nitrogens with one attached hydrogen (secondary N) is 2. The molecule has 1 aliphatic heterocycles. The molecular formula is C5H9N3O. The highest BCUT2D eigenvalue weighted by atomic mass is 16.1. The van der Waals surface area contributed by atoms with E-state index >= 15 is 0 Å². The number of carbonyl (C=O) groups is 1. The van der Waals surface area contributed by atoms with Gasteiger partial charge >= 0.3 is 0 Å². The summed E-state index contributed by atoms with van der Waals surface area (Å²) >= 11 is 0. The first-order valence-electron chi connectivity index (χ1n) is 2.73. The minimum absolute atomic E-state index is 0.500. The largest absolute Gasteiger partial charge is 0.372 e. The molecule has 1 heterocycles. The molecule has 4 N–H and O–H groups in total. The van der Waals surface area contributed by atoms with Gasteiger partial charge in [0.05, 0.1) is 12.4 Å². The van der Waals surface area contributed by atoms with E-state index in [2.05, 4.69) is 10.6 Å². The van der Waals surface area contributed by atoms with E-state index in [1.54, 1.807) is 6.20 Å². The summed E-state index contributed by atoms with van der Waals surface area (Å²) in [5.74, 6) is 0. The van der Waals surface area contributed by atoms with Crippen LogP contribution in [0, 0.1) is 0 Å². The molecule has 9 heavy (non-hydrogen) atoms. The lowest BCUT2D eigenvalue weighted by Crippen LogP contribution is -2.30. The quantitative estimate of drug-likeness (QED) is 0.395. The van der Waals surface area contributed by atoms with E-state index in [-0.39, 0.29) is 0 Å². The third-order valence-corrected chi connectivity index (χ3v) is 1.16. The number of carbonyl (C=O) groups excluding carboxylic acids is 1. The molecule has 4 nitrogen and oxygen atoms in total. The minimum atomic E-state index is -0.500. The molecule has 1 atom stereocenters. The molecule has 0 spiro atoms. The average molecular weight is 127 g/mol. The van der Waals surface area contributed by atoms with Crippen molar-refractivity contribution in [2.75, 3.05) is 6.67 Å². The zero-order chi connectivity index (χ0) is 6.69. The van der Waals surface area contributed by atoms with E-state index in [9.17, 15) is 4.79 Å². The van der Waals surface area contributed by atoms with Gasteiger partial charge in [-0.2, -0.15) is 0 Å². The molecule has 1 aliphatic rings. The van der Waals surface area contributed by atoms with Gasteiger partial charge in [-0.3, -0.25) is 0 Å². The molecule has 1 rings (SSSR count). The van der Waals surface area contributed by atoms with Crippen LogP contribution in [-0.4, -0.2) is 19.0 Å². The molecule has 0 aromatic heterocycles. The van der Waals surface area contributed by atoms with Crippen molar-refractivity contribution in [3.05, 3.63) is 11.9 Å². The summed E-state index contributed by atoms with van der Waals surface area (Å²) in [6.45, 7) is 0.664. The zero-order valence-electron chi connectivity index (χ0n) is 4.92. The van der Waals surface area contributed by atoms with Gasteiger partial charge in [0, 0.05) is 6.20 Å². The van der Waals surface area contributed by atoms with Crippen LogP contribution in [0.3, 0.4) is 0 Å².